The van der Waals surface area contributed by atoms with Crippen LogP contribution in [0.1, 0.15) is 12.5 Å². The maximum absolute atomic E-state index is 11.3. The zero-order valence-corrected chi connectivity index (χ0v) is 9.12. The number of esters is 1. The van der Waals surface area contributed by atoms with Gasteiger partial charge in [0.05, 0.1) is 0 Å². The molecule has 17 heavy (non-hydrogen) atoms. The van der Waals surface area contributed by atoms with Crippen molar-refractivity contribution in [2.75, 3.05) is 0 Å². The van der Waals surface area contributed by atoms with Gasteiger partial charge in [0.25, 0.3) is 0 Å². The van der Waals surface area contributed by atoms with Gasteiger partial charge in [0.2, 0.25) is 11.4 Å². The first-order valence-electron chi connectivity index (χ1n) is 5.09. The van der Waals surface area contributed by atoms with Gasteiger partial charge in [0, 0.05) is 5.56 Å². The Bertz CT molecular complexity index is 477. The van der Waals surface area contributed by atoms with Gasteiger partial charge in [-0.25, -0.2) is 4.79 Å². The molecule has 0 amide bonds. The quantitative estimate of drug-likeness (QED) is 0.670. The minimum absolute atomic E-state index is 0.393. The lowest BCUT2D eigenvalue weighted by Gasteiger charge is -2.30. The minimum atomic E-state index is -1.72. The lowest BCUT2D eigenvalue weighted by molar-refractivity contribution is -0.161. The first kappa shape index (κ1) is 11.5. The van der Waals surface area contributed by atoms with Crippen LogP contribution in [0.2, 0.25) is 0 Å². The fraction of sp³-hybridized carbons (Fsp3) is 0.250. The summed E-state index contributed by atoms with van der Waals surface area (Å²) in [6.07, 6.45) is -1.20. The topological polar surface area (TPSA) is 87.0 Å². The third-order valence-electron chi connectivity index (χ3n) is 2.81. The smallest absolute Gasteiger partial charge is 0.378 e. The van der Waals surface area contributed by atoms with Crippen molar-refractivity contribution in [2.45, 2.75) is 18.6 Å². The van der Waals surface area contributed by atoms with Crippen LogP contribution in [0, 0.1) is 0 Å². The number of benzene rings is 1. The van der Waals surface area contributed by atoms with Gasteiger partial charge in [-0.1, -0.05) is 30.3 Å². The van der Waals surface area contributed by atoms with Crippen LogP contribution in [0.5, 0.6) is 0 Å². The number of carbonyl (C=O) groups excluding carboxylic acids is 1. The van der Waals surface area contributed by atoms with Gasteiger partial charge in [-0.15, -0.1) is 0 Å². The zero-order chi connectivity index (χ0) is 12.6. The molecule has 0 unspecified atom stereocenters. The van der Waals surface area contributed by atoms with E-state index in [-0.39, 0.29) is 0 Å². The van der Waals surface area contributed by atoms with Crippen molar-refractivity contribution in [1.82, 2.24) is 0 Å². The van der Waals surface area contributed by atoms with E-state index in [1.54, 1.807) is 30.3 Å². The van der Waals surface area contributed by atoms with Gasteiger partial charge in [0.15, 0.2) is 5.76 Å². The van der Waals surface area contributed by atoms with Gasteiger partial charge >= 0.3 is 5.97 Å². The molecule has 1 aliphatic rings. The molecule has 5 nitrogen and oxygen atoms in total. The number of cyclic esters (lactones) is 1. The van der Waals surface area contributed by atoms with E-state index < -0.39 is 29.2 Å². The number of hydrogen-bond acceptors (Lipinski definition) is 5. The summed E-state index contributed by atoms with van der Waals surface area (Å²) in [7, 11) is 0. The van der Waals surface area contributed by atoms with Crippen molar-refractivity contribution in [2.24, 2.45) is 0 Å². The second kappa shape index (κ2) is 3.78. The van der Waals surface area contributed by atoms with Crippen LogP contribution in [-0.2, 0) is 15.1 Å². The first-order chi connectivity index (χ1) is 8.00. The third-order valence-corrected chi connectivity index (χ3v) is 2.81. The van der Waals surface area contributed by atoms with E-state index in [1.807, 2.05) is 0 Å². The molecule has 1 heterocycles. The number of ether oxygens (including phenoxy) is 1. The standard InChI is InChI=1S/C12H12O5/c1-7(13)12(8-5-3-2-4-6-8)10(15)9(14)11(16)17-12/h2-7,13-15H,1H3/t7-,12-/m0/s1. The highest BCUT2D eigenvalue weighted by Gasteiger charge is 2.53. The summed E-state index contributed by atoms with van der Waals surface area (Å²) >= 11 is 0. The molecule has 0 saturated heterocycles. The van der Waals surface area contributed by atoms with Crippen molar-refractivity contribution in [3.05, 3.63) is 47.4 Å². The van der Waals surface area contributed by atoms with Crippen molar-refractivity contribution in [3.8, 4) is 0 Å². The molecule has 2 atom stereocenters. The summed E-state index contributed by atoms with van der Waals surface area (Å²) in [6.45, 7) is 1.37. The Hall–Kier alpha value is -2.01. The molecule has 2 rings (SSSR count). The van der Waals surface area contributed by atoms with E-state index in [0.29, 0.717) is 5.56 Å². The Kier molecular flexibility index (Phi) is 2.55. The van der Waals surface area contributed by atoms with Crippen LogP contribution in [-0.4, -0.2) is 27.4 Å². The highest BCUT2D eigenvalue weighted by Crippen LogP contribution is 2.41. The predicted octanol–water partition coefficient (Wildman–Crippen LogP) is 1.15. The molecule has 0 saturated carbocycles. The Morgan fingerprint density at radius 2 is 1.82 bits per heavy atom. The molecule has 0 bridgehead atoms. The molecule has 0 aliphatic carbocycles. The Balaban J connectivity index is 2.62. The summed E-state index contributed by atoms with van der Waals surface area (Å²) < 4.78 is 4.96. The third kappa shape index (κ3) is 1.47. The maximum atomic E-state index is 11.3. The van der Waals surface area contributed by atoms with Crippen molar-refractivity contribution in [3.63, 3.8) is 0 Å². The second-order valence-corrected chi connectivity index (χ2v) is 3.86. The van der Waals surface area contributed by atoms with E-state index in [0.717, 1.165) is 0 Å². The monoisotopic (exact) mass is 236 g/mol. The molecule has 1 aliphatic heterocycles. The van der Waals surface area contributed by atoms with Gasteiger partial charge in [-0.05, 0) is 6.92 Å². The molecule has 90 valence electrons. The fourth-order valence-corrected chi connectivity index (χ4v) is 1.92. The van der Waals surface area contributed by atoms with Gasteiger partial charge in [-0.3, -0.25) is 0 Å². The summed E-state index contributed by atoms with van der Waals surface area (Å²) in [4.78, 5) is 11.3. The van der Waals surface area contributed by atoms with Gasteiger partial charge in [0.1, 0.15) is 6.10 Å². The summed E-state index contributed by atoms with van der Waals surface area (Å²) in [6, 6.07) is 8.28. The van der Waals surface area contributed by atoms with Gasteiger partial charge < -0.3 is 20.1 Å². The zero-order valence-electron chi connectivity index (χ0n) is 9.12. The van der Waals surface area contributed by atoms with Crippen molar-refractivity contribution < 1.29 is 24.9 Å². The number of hydrogen-bond donors (Lipinski definition) is 3. The average Bonchev–Trinajstić information content (AvgIpc) is 2.56. The summed E-state index contributed by atoms with van der Waals surface area (Å²) in [5.74, 6) is -2.58. The highest BCUT2D eigenvalue weighted by molar-refractivity contribution is 5.90. The average molecular weight is 236 g/mol. The molecule has 0 fully saturated rings. The van der Waals surface area contributed by atoms with E-state index in [9.17, 15) is 20.1 Å². The molecule has 1 aromatic rings. The summed E-state index contributed by atoms with van der Waals surface area (Å²) in [5, 5.41) is 29.0. The number of carbonyl (C=O) groups is 1. The van der Waals surface area contributed by atoms with Crippen LogP contribution >= 0.6 is 0 Å². The Labute approximate surface area is 97.6 Å². The van der Waals surface area contributed by atoms with Crippen LogP contribution in [0.4, 0.5) is 0 Å². The molecule has 0 aromatic heterocycles. The Morgan fingerprint density at radius 1 is 1.24 bits per heavy atom. The molecular formula is C12H12O5. The van der Waals surface area contributed by atoms with E-state index in [4.69, 9.17) is 4.74 Å². The number of aliphatic hydroxyl groups is 3. The largest absolute Gasteiger partial charge is 0.505 e. The molecule has 3 N–H and O–H groups in total. The number of rotatable bonds is 2. The fourth-order valence-electron chi connectivity index (χ4n) is 1.92. The van der Waals surface area contributed by atoms with Crippen LogP contribution in [0.15, 0.2) is 41.9 Å². The SMILES string of the molecule is C[C@H](O)[C@@]1(c2ccccc2)OC(=O)C(O)=C1O. The normalized spacial score (nSPS) is 25.9. The van der Waals surface area contributed by atoms with E-state index >= 15 is 0 Å². The molecule has 0 spiro atoms. The lowest BCUT2D eigenvalue weighted by atomic mass is 9.87. The van der Waals surface area contributed by atoms with E-state index in [1.165, 1.54) is 6.92 Å². The lowest BCUT2D eigenvalue weighted by Crippen LogP contribution is -2.40. The van der Waals surface area contributed by atoms with Crippen LogP contribution in [0.3, 0.4) is 0 Å². The first-order valence-corrected chi connectivity index (χ1v) is 5.09. The predicted molar refractivity (Wildman–Crippen MR) is 58.2 cm³/mol. The Morgan fingerprint density at radius 3 is 2.24 bits per heavy atom. The van der Waals surface area contributed by atoms with Crippen LogP contribution < -0.4 is 0 Å². The maximum Gasteiger partial charge on any atom is 0.378 e. The molecule has 5 heteroatoms. The number of aliphatic hydroxyl groups excluding tert-OH is 3. The van der Waals surface area contributed by atoms with Crippen molar-refractivity contribution >= 4 is 5.97 Å². The minimum Gasteiger partial charge on any atom is -0.505 e. The molecular weight excluding hydrogens is 224 g/mol. The second-order valence-electron chi connectivity index (χ2n) is 3.86. The van der Waals surface area contributed by atoms with Crippen LogP contribution in [0.25, 0.3) is 0 Å². The van der Waals surface area contributed by atoms with Crippen molar-refractivity contribution in [1.29, 1.82) is 0 Å². The highest BCUT2D eigenvalue weighted by atomic mass is 16.6. The van der Waals surface area contributed by atoms with E-state index in [2.05, 4.69) is 0 Å². The molecule has 1 aromatic carbocycles. The summed E-state index contributed by atoms with van der Waals surface area (Å²) in [5.41, 5.74) is -1.33. The van der Waals surface area contributed by atoms with Gasteiger partial charge in [-0.2, -0.15) is 0 Å². The molecule has 0 radical (unpaired) electrons.